The minimum absolute atomic E-state index is 0.183. The Morgan fingerprint density at radius 1 is 1.30 bits per heavy atom. The molecule has 2 atom stereocenters. The molecule has 4 nitrogen and oxygen atoms in total. The molecule has 2 rings (SSSR count). The number of rotatable bonds is 7. The highest BCUT2D eigenvalue weighted by Crippen LogP contribution is 2.42. The first kappa shape index (κ1) is 17.6. The second kappa shape index (κ2) is 8.78. The van der Waals surface area contributed by atoms with Gasteiger partial charge in [0.15, 0.2) is 0 Å². The standard InChI is InChI=1S/C18H22ClN3O/c1-3-14-8-9-16(12-23-2)18(19)17(14)15-6-4-13(5-7-15)10-11-21-22-20/h4-9,14,17H,3,10-12H2,1-2H3. The highest BCUT2D eigenvalue weighted by atomic mass is 35.5. The molecule has 0 saturated carbocycles. The predicted molar refractivity (Wildman–Crippen MR) is 94.6 cm³/mol. The van der Waals surface area contributed by atoms with Gasteiger partial charge in [-0.3, -0.25) is 0 Å². The monoisotopic (exact) mass is 331 g/mol. The van der Waals surface area contributed by atoms with Crippen LogP contribution in [-0.4, -0.2) is 20.3 Å². The van der Waals surface area contributed by atoms with Crippen molar-refractivity contribution in [2.75, 3.05) is 20.3 Å². The number of methoxy groups -OCH3 is 1. The quantitative estimate of drug-likeness (QED) is 0.377. The van der Waals surface area contributed by atoms with E-state index in [0.717, 1.165) is 29.0 Å². The van der Waals surface area contributed by atoms with Crippen LogP contribution in [0.4, 0.5) is 0 Å². The number of halogens is 1. The predicted octanol–water partition coefficient (Wildman–Crippen LogP) is 5.36. The van der Waals surface area contributed by atoms with E-state index in [2.05, 4.69) is 53.4 Å². The smallest absolute Gasteiger partial charge is 0.0724 e. The van der Waals surface area contributed by atoms with Crippen LogP contribution in [-0.2, 0) is 11.2 Å². The van der Waals surface area contributed by atoms with Crippen LogP contribution >= 0.6 is 11.6 Å². The summed E-state index contributed by atoms with van der Waals surface area (Å²) in [7, 11) is 1.68. The topological polar surface area (TPSA) is 58.0 Å². The first-order chi connectivity index (χ1) is 11.2. The maximum absolute atomic E-state index is 8.33. The summed E-state index contributed by atoms with van der Waals surface area (Å²) >= 11 is 6.67. The molecule has 1 aromatic rings. The molecule has 0 fully saturated rings. The number of azide groups is 1. The van der Waals surface area contributed by atoms with Gasteiger partial charge >= 0.3 is 0 Å². The third-order valence-electron chi connectivity index (χ3n) is 4.23. The van der Waals surface area contributed by atoms with Crippen molar-refractivity contribution in [3.8, 4) is 0 Å². The van der Waals surface area contributed by atoms with Crippen molar-refractivity contribution < 1.29 is 4.74 Å². The Morgan fingerprint density at radius 3 is 2.65 bits per heavy atom. The molecule has 0 saturated heterocycles. The Balaban J connectivity index is 2.23. The molecule has 122 valence electrons. The zero-order valence-electron chi connectivity index (χ0n) is 13.6. The lowest BCUT2D eigenvalue weighted by atomic mass is 9.79. The van der Waals surface area contributed by atoms with Crippen LogP contribution in [0.1, 0.15) is 30.4 Å². The Hall–Kier alpha value is -1.74. The molecular weight excluding hydrogens is 310 g/mol. The average Bonchev–Trinajstić information content (AvgIpc) is 2.58. The second-order valence-corrected chi connectivity index (χ2v) is 6.07. The molecule has 0 bridgehead atoms. The Bertz CT molecular complexity index is 630. The van der Waals surface area contributed by atoms with Gasteiger partial charge in [-0.25, -0.2) is 0 Å². The molecular formula is C18H22ClN3O. The van der Waals surface area contributed by atoms with Gasteiger partial charge in [-0.15, -0.1) is 0 Å². The zero-order chi connectivity index (χ0) is 16.7. The number of benzene rings is 1. The summed E-state index contributed by atoms with van der Waals surface area (Å²) in [6, 6.07) is 8.44. The average molecular weight is 332 g/mol. The molecule has 0 spiro atoms. The molecule has 0 N–H and O–H groups in total. The van der Waals surface area contributed by atoms with Gasteiger partial charge in [0.1, 0.15) is 0 Å². The van der Waals surface area contributed by atoms with E-state index in [1.807, 2.05) is 0 Å². The highest BCUT2D eigenvalue weighted by Gasteiger charge is 2.27. The Kier molecular flexibility index (Phi) is 6.72. The van der Waals surface area contributed by atoms with Crippen LogP contribution in [0.25, 0.3) is 10.4 Å². The Morgan fingerprint density at radius 2 is 2.04 bits per heavy atom. The maximum atomic E-state index is 8.33. The van der Waals surface area contributed by atoms with Crippen molar-refractivity contribution in [2.24, 2.45) is 11.0 Å². The summed E-state index contributed by atoms with van der Waals surface area (Å²) in [4.78, 5) is 2.78. The van der Waals surface area contributed by atoms with Crippen LogP contribution in [0.5, 0.6) is 0 Å². The van der Waals surface area contributed by atoms with E-state index in [1.165, 1.54) is 5.56 Å². The Labute approximate surface area is 142 Å². The van der Waals surface area contributed by atoms with Gasteiger partial charge in [-0.2, -0.15) is 0 Å². The van der Waals surface area contributed by atoms with E-state index in [0.29, 0.717) is 19.1 Å². The van der Waals surface area contributed by atoms with Crippen LogP contribution in [0, 0.1) is 5.92 Å². The minimum atomic E-state index is 0.183. The number of ether oxygens (including phenoxy) is 1. The van der Waals surface area contributed by atoms with E-state index in [1.54, 1.807) is 7.11 Å². The second-order valence-electron chi connectivity index (χ2n) is 5.66. The summed E-state index contributed by atoms with van der Waals surface area (Å²) in [5, 5.41) is 4.45. The van der Waals surface area contributed by atoms with E-state index in [-0.39, 0.29) is 5.92 Å². The van der Waals surface area contributed by atoms with Gasteiger partial charge in [0, 0.05) is 29.5 Å². The minimum Gasteiger partial charge on any atom is -0.380 e. The van der Waals surface area contributed by atoms with Crippen LogP contribution in [0.2, 0.25) is 0 Å². The van der Waals surface area contributed by atoms with Crippen LogP contribution in [0.15, 0.2) is 52.1 Å². The van der Waals surface area contributed by atoms with Crippen LogP contribution in [0.3, 0.4) is 0 Å². The molecule has 0 heterocycles. The summed E-state index contributed by atoms with van der Waals surface area (Å²) < 4.78 is 5.25. The number of nitrogens with zero attached hydrogens (tertiary/aromatic N) is 3. The first-order valence-corrected chi connectivity index (χ1v) is 8.24. The zero-order valence-corrected chi connectivity index (χ0v) is 14.3. The first-order valence-electron chi connectivity index (χ1n) is 7.86. The molecule has 0 radical (unpaired) electrons. The SMILES string of the molecule is CCC1C=CC(COC)=C(Cl)C1c1ccc(CCN=[N+]=[N-])cc1. The fourth-order valence-corrected chi connectivity index (χ4v) is 3.38. The molecule has 0 amide bonds. The van der Waals surface area contributed by atoms with E-state index < -0.39 is 0 Å². The van der Waals surface area contributed by atoms with Crippen molar-refractivity contribution >= 4 is 11.6 Å². The number of hydrogen-bond donors (Lipinski definition) is 0. The maximum Gasteiger partial charge on any atom is 0.0724 e. The van der Waals surface area contributed by atoms with Crippen molar-refractivity contribution in [3.63, 3.8) is 0 Å². The molecule has 0 aromatic heterocycles. The lowest BCUT2D eigenvalue weighted by molar-refractivity contribution is 0.227. The summed E-state index contributed by atoms with van der Waals surface area (Å²) in [6.45, 7) is 3.20. The van der Waals surface area contributed by atoms with E-state index >= 15 is 0 Å². The molecule has 2 unspecified atom stereocenters. The summed E-state index contributed by atoms with van der Waals surface area (Å²) in [5.74, 6) is 0.583. The van der Waals surface area contributed by atoms with Gasteiger partial charge in [-0.05, 0) is 41.0 Å². The van der Waals surface area contributed by atoms with Gasteiger partial charge < -0.3 is 4.74 Å². The lowest BCUT2D eigenvalue weighted by Crippen LogP contribution is -2.16. The van der Waals surface area contributed by atoms with E-state index in [9.17, 15) is 0 Å². The molecule has 1 aromatic carbocycles. The third kappa shape index (κ3) is 4.38. The van der Waals surface area contributed by atoms with Crippen molar-refractivity contribution in [2.45, 2.75) is 25.7 Å². The molecule has 23 heavy (non-hydrogen) atoms. The highest BCUT2D eigenvalue weighted by molar-refractivity contribution is 6.31. The van der Waals surface area contributed by atoms with Gasteiger partial charge in [0.05, 0.1) is 6.61 Å². The summed E-state index contributed by atoms with van der Waals surface area (Å²) in [5.41, 5.74) is 11.8. The van der Waals surface area contributed by atoms with Gasteiger partial charge in [0.2, 0.25) is 0 Å². The normalized spacial score (nSPS) is 20.5. The van der Waals surface area contributed by atoms with Gasteiger partial charge in [-0.1, -0.05) is 60.1 Å². The number of allylic oxidation sites excluding steroid dienone is 2. The van der Waals surface area contributed by atoms with Crippen molar-refractivity contribution in [3.05, 3.63) is 68.6 Å². The molecule has 1 aliphatic carbocycles. The van der Waals surface area contributed by atoms with E-state index in [4.69, 9.17) is 21.9 Å². The van der Waals surface area contributed by atoms with Crippen LogP contribution < -0.4 is 0 Å². The van der Waals surface area contributed by atoms with Gasteiger partial charge in [0.25, 0.3) is 0 Å². The third-order valence-corrected chi connectivity index (χ3v) is 4.70. The fraction of sp³-hybridized carbons (Fsp3) is 0.444. The molecule has 5 heteroatoms. The molecule has 0 aliphatic heterocycles. The largest absolute Gasteiger partial charge is 0.380 e. The summed E-state index contributed by atoms with van der Waals surface area (Å²) in [6.07, 6.45) is 6.12. The lowest BCUT2D eigenvalue weighted by Gasteiger charge is -2.29. The van der Waals surface area contributed by atoms with Crippen molar-refractivity contribution in [1.82, 2.24) is 0 Å². The number of hydrogen-bond acceptors (Lipinski definition) is 2. The van der Waals surface area contributed by atoms with Crippen molar-refractivity contribution in [1.29, 1.82) is 0 Å². The molecule has 1 aliphatic rings. The fourth-order valence-electron chi connectivity index (χ4n) is 2.97.